The Morgan fingerprint density at radius 3 is 2.79 bits per heavy atom. The standard InChI is InChI=1S/C17H20N4O3/c1-10(22)19-14-9-24-16-12(14)2-5-18-15(16)17(23)20-13-8-21-6-3-11(13)4-7-21/h2,5,9,11,13H,3-4,6-8H2,1H3,(H,19,22)(H,20,23)/t13-/m0/s1. The number of furan rings is 1. The van der Waals surface area contributed by atoms with Gasteiger partial charge in [-0.05, 0) is 37.9 Å². The molecule has 0 spiro atoms. The molecule has 2 aromatic heterocycles. The van der Waals surface area contributed by atoms with E-state index in [2.05, 4.69) is 20.5 Å². The van der Waals surface area contributed by atoms with E-state index in [1.54, 1.807) is 12.3 Å². The Morgan fingerprint density at radius 1 is 1.33 bits per heavy atom. The van der Waals surface area contributed by atoms with Gasteiger partial charge >= 0.3 is 0 Å². The first kappa shape index (κ1) is 15.1. The van der Waals surface area contributed by atoms with Gasteiger partial charge in [0.1, 0.15) is 6.26 Å². The smallest absolute Gasteiger partial charge is 0.274 e. The molecule has 3 fully saturated rings. The number of nitrogens with one attached hydrogen (secondary N) is 2. The zero-order valence-corrected chi connectivity index (χ0v) is 13.5. The molecule has 5 rings (SSSR count). The van der Waals surface area contributed by atoms with Crippen molar-refractivity contribution in [3.8, 4) is 0 Å². The first-order chi connectivity index (χ1) is 11.6. The minimum atomic E-state index is -0.219. The van der Waals surface area contributed by atoms with Crippen molar-refractivity contribution in [1.29, 1.82) is 0 Å². The lowest BCUT2D eigenvalue weighted by atomic mass is 9.84. The number of carbonyl (C=O) groups excluding carboxylic acids is 2. The highest BCUT2D eigenvalue weighted by atomic mass is 16.3. The Labute approximate surface area is 139 Å². The van der Waals surface area contributed by atoms with Gasteiger partial charge in [-0.2, -0.15) is 0 Å². The molecule has 2 amide bonds. The Kier molecular flexibility index (Phi) is 3.72. The van der Waals surface area contributed by atoms with Gasteiger partial charge in [-0.1, -0.05) is 0 Å². The summed E-state index contributed by atoms with van der Waals surface area (Å²) in [5.74, 6) is 0.139. The van der Waals surface area contributed by atoms with Gasteiger partial charge in [-0.15, -0.1) is 0 Å². The second-order valence-corrected chi connectivity index (χ2v) is 6.58. The van der Waals surface area contributed by atoms with Gasteiger partial charge in [-0.3, -0.25) is 9.59 Å². The maximum Gasteiger partial charge on any atom is 0.274 e. The van der Waals surface area contributed by atoms with Gasteiger partial charge in [0.25, 0.3) is 5.91 Å². The summed E-state index contributed by atoms with van der Waals surface area (Å²) in [5.41, 5.74) is 1.22. The fourth-order valence-corrected chi connectivity index (χ4v) is 3.77. The molecule has 3 aliphatic rings. The number of hydrogen-bond donors (Lipinski definition) is 2. The molecule has 2 aromatic rings. The predicted octanol–water partition coefficient (Wildman–Crippen LogP) is 1.61. The van der Waals surface area contributed by atoms with Crippen LogP contribution in [0.2, 0.25) is 0 Å². The van der Waals surface area contributed by atoms with Crippen LogP contribution < -0.4 is 10.6 Å². The maximum absolute atomic E-state index is 12.7. The Bertz CT molecular complexity index is 792. The number of nitrogens with zero attached hydrogens (tertiary/aromatic N) is 2. The molecule has 5 heterocycles. The Hall–Kier alpha value is -2.41. The van der Waals surface area contributed by atoms with Crippen LogP contribution in [0.15, 0.2) is 22.9 Å². The van der Waals surface area contributed by atoms with E-state index in [0.717, 1.165) is 32.5 Å². The second-order valence-electron chi connectivity index (χ2n) is 6.58. The van der Waals surface area contributed by atoms with Crippen LogP contribution in [0.3, 0.4) is 0 Å². The molecular formula is C17H20N4O3. The van der Waals surface area contributed by atoms with Crippen molar-refractivity contribution in [2.45, 2.75) is 25.8 Å². The number of amides is 2. The number of hydrogen-bond acceptors (Lipinski definition) is 5. The van der Waals surface area contributed by atoms with E-state index >= 15 is 0 Å². The average Bonchev–Trinajstić information content (AvgIpc) is 2.98. The monoisotopic (exact) mass is 328 g/mol. The van der Waals surface area contributed by atoms with Crippen LogP contribution in [-0.2, 0) is 4.79 Å². The van der Waals surface area contributed by atoms with E-state index in [-0.39, 0.29) is 23.6 Å². The minimum absolute atomic E-state index is 0.168. The molecule has 2 N–H and O–H groups in total. The molecule has 3 aliphatic heterocycles. The fraction of sp³-hybridized carbons (Fsp3) is 0.471. The summed E-state index contributed by atoms with van der Waals surface area (Å²) in [4.78, 5) is 30.5. The van der Waals surface area contributed by atoms with Crippen molar-refractivity contribution in [2.24, 2.45) is 5.92 Å². The Balaban J connectivity index is 1.58. The van der Waals surface area contributed by atoms with E-state index in [9.17, 15) is 9.59 Å². The van der Waals surface area contributed by atoms with Crippen molar-refractivity contribution in [3.63, 3.8) is 0 Å². The number of piperidine rings is 3. The summed E-state index contributed by atoms with van der Waals surface area (Å²) in [6.45, 7) is 4.59. The summed E-state index contributed by atoms with van der Waals surface area (Å²) >= 11 is 0. The number of fused-ring (bicyclic) bond motifs is 4. The number of rotatable bonds is 3. The second kappa shape index (κ2) is 5.90. The first-order valence-electron chi connectivity index (χ1n) is 8.29. The molecule has 0 aromatic carbocycles. The number of aromatic nitrogens is 1. The van der Waals surface area contributed by atoms with E-state index in [4.69, 9.17) is 4.42 Å². The predicted molar refractivity (Wildman–Crippen MR) is 88.7 cm³/mol. The maximum atomic E-state index is 12.7. The lowest BCUT2D eigenvalue weighted by Crippen LogP contribution is -2.57. The quantitative estimate of drug-likeness (QED) is 0.894. The van der Waals surface area contributed by atoms with Gasteiger partial charge in [0.2, 0.25) is 5.91 Å². The van der Waals surface area contributed by atoms with E-state index in [1.165, 1.54) is 13.2 Å². The minimum Gasteiger partial charge on any atom is -0.460 e. The van der Waals surface area contributed by atoms with Crippen molar-refractivity contribution in [2.75, 3.05) is 25.0 Å². The summed E-state index contributed by atoms with van der Waals surface area (Å²) in [6, 6.07) is 1.90. The van der Waals surface area contributed by atoms with Gasteiger partial charge < -0.3 is 20.0 Å². The van der Waals surface area contributed by atoms with Crippen LogP contribution in [0.4, 0.5) is 5.69 Å². The van der Waals surface area contributed by atoms with E-state index in [1.807, 2.05) is 0 Å². The zero-order valence-electron chi connectivity index (χ0n) is 13.5. The highest BCUT2D eigenvalue weighted by Crippen LogP contribution is 2.29. The van der Waals surface area contributed by atoms with Gasteiger partial charge in [0.05, 0.1) is 5.69 Å². The fourth-order valence-electron chi connectivity index (χ4n) is 3.77. The molecular weight excluding hydrogens is 308 g/mol. The molecule has 7 nitrogen and oxygen atoms in total. The lowest BCUT2D eigenvalue weighted by Gasteiger charge is -2.44. The summed E-state index contributed by atoms with van der Waals surface area (Å²) in [6.07, 6.45) is 5.28. The molecule has 0 saturated carbocycles. The third kappa shape index (κ3) is 2.65. The summed E-state index contributed by atoms with van der Waals surface area (Å²) < 4.78 is 5.50. The van der Waals surface area contributed by atoms with Crippen molar-refractivity contribution >= 4 is 28.5 Å². The molecule has 126 valence electrons. The van der Waals surface area contributed by atoms with Gasteiger partial charge in [0, 0.05) is 31.1 Å². The topological polar surface area (TPSA) is 87.5 Å². The molecule has 0 unspecified atom stereocenters. The normalized spacial score (nSPS) is 25.6. The Morgan fingerprint density at radius 2 is 2.12 bits per heavy atom. The van der Waals surface area contributed by atoms with Gasteiger partial charge in [-0.25, -0.2) is 4.98 Å². The molecule has 7 heteroatoms. The number of carbonyl (C=O) groups is 2. The molecule has 0 radical (unpaired) electrons. The first-order valence-corrected chi connectivity index (χ1v) is 8.29. The summed E-state index contributed by atoms with van der Waals surface area (Å²) in [5, 5.41) is 6.50. The van der Waals surface area contributed by atoms with Crippen molar-refractivity contribution in [1.82, 2.24) is 15.2 Å². The lowest BCUT2D eigenvalue weighted by molar-refractivity contribution is -0.114. The highest BCUT2D eigenvalue weighted by Gasteiger charge is 2.35. The molecule has 24 heavy (non-hydrogen) atoms. The third-order valence-corrected chi connectivity index (χ3v) is 4.99. The molecule has 2 bridgehead atoms. The third-order valence-electron chi connectivity index (χ3n) is 4.99. The average molecular weight is 328 g/mol. The van der Waals surface area contributed by atoms with Crippen molar-refractivity contribution < 1.29 is 14.0 Å². The van der Waals surface area contributed by atoms with E-state index in [0.29, 0.717) is 22.6 Å². The van der Waals surface area contributed by atoms with Gasteiger partial charge in [0.15, 0.2) is 11.3 Å². The van der Waals surface area contributed by atoms with Crippen LogP contribution in [0.5, 0.6) is 0 Å². The number of anilines is 1. The van der Waals surface area contributed by atoms with Crippen molar-refractivity contribution in [3.05, 3.63) is 24.2 Å². The summed E-state index contributed by atoms with van der Waals surface area (Å²) in [7, 11) is 0. The van der Waals surface area contributed by atoms with Crippen LogP contribution in [0, 0.1) is 5.92 Å². The van der Waals surface area contributed by atoms with Crippen LogP contribution in [-0.4, -0.2) is 47.4 Å². The molecule has 0 aliphatic carbocycles. The van der Waals surface area contributed by atoms with Crippen LogP contribution in [0.1, 0.15) is 30.3 Å². The molecule has 1 atom stereocenters. The van der Waals surface area contributed by atoms with Crippen LogP contribution >= 0.6 is 0 Å². The largest absolute Gasteiger partial charge is 0.460 e. The highest BCUT2D eigenvalue weighted by molar-refractivity contribution is 6.08. The number of pyridine rings is 1. The molecule has 3 saturated heterocycles. The van der Waals surface area contributed by atoms with Crippen LogP contribution in [0.25, 0.3) is 11.0 Å². The van der Waals surface area contributed by atoms with E-state index < -0.39 is 0 Å². The zero-order chi connectivity index (χ0) is 16.7. The SMILES string of the molecule is CC(=O)Nc1coc2c(C(=O)N[C@H]3CN4CCC3CC4)nccc12.